The maximum Gasteiger partial charge on any atom is 0.416 e. The molecule has 1 amide bonds. The Balaban J connectivity index is 1.93. The van der Waals surface area contributed by atoms with Crippen LogP contribution in [0.5, 0.6) is 5.75 Å². The van der Waals surface area contributed by atoms with Gasteiger partial charge in [0, 0.05) is 17.8 Å². The van der Waals surface area contributed by atoms with Gasteiger partial charge in [-0.15, -0.1) is 0 Å². The van der Waals surface area contributed by atoms with Crippen molar-refractivity contribution in [2.75, 3.05) is 18.5 Å². The van der Waals surface area contributed by atoms with E-state index < -0.39 is 23.6 Å². The summed E-state index contributed by atoms with van der Waals surface area (Å²) in [5.74, 6) is -0.601. The van der Waals surface area contributed by atoms with E-state index in [9.17, 15) is 22.8 Å². The van der Waals surface area contributed by atoms with Crippen molar-refractivity contribution in [3.8, 4) is 5.75 Å². The van der Waals surface area contributed by atoms with Crippen molar-refractivity contribution in [2.45, 2.75) is 13.1 Å². The SMILES string of the molecule is CCOC(=O)COc1cccc(NC(=O)/C=C/c2ccc(C(F)(F)F)cc2)c1. The molecule has 0 atom stereocenters. The molecule has 0 radical (unpaired) electrons. The number of ether oxygens (including phenoxy) is 2. The predicted octanol–water partition coefficient (Wildman–Crippen LogP) is 4.30. The minimum atomic E-state index is -4.40. The van der Waals surface area contributed by atoms with Crippen LogP contribution in [0.1, 0.15) is 18.1 Å². The number of anilines is 1. The molecule has 0 saturated carbocycles. The summed E-state index contributed by atoms with van der Waals surface area (Å²) in [6, 6.07) is 10.9. The molecule has 0 aliphatic rings. The average Bonchev–Trinajstić information content (AvgIpc) is 2.65. The summed E-state index contributed by atoms with van der Waals surface area (Å²) in [5.41, 5.74) is 0.131. The third-order valence-corrected chi connectivity index (χ3v) is 3.43. The maximum absolute atomic E-state index is 12.5. The molecular formula is C20H18F3NO4. The van der Waals surface area contributed by atoms with Crippen molar-refractivity contribution in [2.24, 2.45) is 0 Å². The van der Waals surface area contributed by atoms with E-state index in [0.29, 0.717) is 17.0 Å². The van der Waals surface area contributed by atoms with Crippen molar-refractivity contribution >= 4 is 23.6 Å². The second-order valence-corrected chi connectivity index (χ2v) is 5.56. The average molecular weight is 393 g/mol. The number of hydrogen-bond donors (Lipinski definition) is 1. The Hall–Kier alpha value is -3.29. The number of hydrogen-bond acceptors (Lipinski definition) is 4. The summed E-state index contributed by atoms with van der Waals surface area (Å²) < 4.78 is 47.6. The van der Waals surface area contributed by atoms with E-state index in [2.05, 4.69) is 5.32 Å². The van der Waals surface area contributed by atoms with Crippen LogP contribution in [0.2, 0.25) is 0 Å². The van der Waals surface area contributed by atoms with Gasteiger partial charge in [0.15, 0.2) is 6.61 Å². The van der Waals surface area contributed by atoms with Crippen molar-refractivity contribution in [3.63, 3.8) is 0 Å². The lowest BCUT2D eigenvalue weighted by Gasteiger charge is -2.08. The van der Waals surface area contributed by atoms with Crippen LogP contribution < -0.4 is 10.1 Å². The van der Waals surface area contributed by atoms with Crippen LogP contribution in [-0.4, -0.2) is 25.1 Å². The van der Waals surface area contributed by atoms with E-state index >= 15 is 0 Å². The number of alkyl halides is 3. The van der Waals surface area contributed by atoms with Gasteiger partial charge in [-0.05, 0) is 42.8 Å². The lowest BCUT2D eigenvalue weighted by atomic mass is 10.1. The number of rotatable bonds is 7. The molecule has 5 nitrogen and oxygen atoms in total. The molecule has 148 valence electrons. The first-order valence-corrected chi connectivity index (χ1v) is 8.32. The molecule has 0 spiro atoms. The second kappa shape index (κ2) is 9.59. The van der Waals surface area contributed by atoms with Crippen LogP contribution in [0.15, 0.2) is 54.6 Å². The van der Waals surface area contributed by atoms with Crippen molar-refractivity contribution < 1.29 is 32.2 Å². The van der Waals surface area contributed by atoms with Gasteiger partial charge < -0.3 is 14.8 Å². The number of nitrogens with one attached hydrogen (secondary N) is 1. The monoisotopic (exact) mass is 393 g/mol. The van der Waals surface area contributed by atoms with Crippen molar-refractivity contribution in [1.29, 1.82) is 0 Å². The maximum atomic E-state index is 12.5. The van der Waals surface area contributed by atoms with Crippen LogP contribution in [0.4, 0.5) is 18.9 Å². The van der Waals surface area contributed by atoms with Gasteiger partial charge in [-0.3, -0.25) is 4.79 Å². The quantitative estimate of drug-likeness (QED) is 0.563. The van der Waals surface area contributed by atoms with Crippen LogP contribution in [0.3, 0.4) is 0 Å². The second-order valence-electron chi connectivity index (χ2n) is 5.56. The molecule has 0 saturated heterocycles. The predicted molar refractivity (Wildman–Crippen MR) is 97.7 cm³/mol. The third kappa shape index (κ3) is 6.79. The highest BCUT2D eigenvalue weighted by molar-refractivity contribution is 6.02. The summed E-state index contributed by atoms with van der Waals surface area (Å²) in [7, 11) is 0. The summed E-state index contributed by atoms with van der Waals surface area (Å²) in [6.07, 6.45) is -1.80. The molecule has 8 heteroatoms. The fourth-order valence-electron chi connectivity index (χ4n) is 2.15. The minimum Gasteiger partial charge on any atom is -0.482 e. The molecule has 2 aromatic rings. The molecule has 28 heavy (non-hydrogen) atoms. The molecule has 0 aliphatic heterocycles. The van der Waals surface area contributed by atoms with Crippen molar-refractivity contribution in [1.82, 2.24) is 0 Å². The number of carbonyl (C=O) groups is 2. The summed E-state index contributed by atoms with van der Waals surface area (Å²) in [5, 5.41) is 2.60. The number of amides is 1. The van der Waals surface area contributed by atoms with E-state index in [1.165, 1.54) is 30.4 Å². The van der Waals surface area contributed by atoms with Gasteiger partial charge in [0.25, 0.3) is 0 Å². The molecule has 0 unspecified atom stereocenters. The van der Waals surface area contributed by atoms with Gasteiger partial charge >= 0.3 is 12.1 Å². The fraction of sp³-hybridized carbons (Fsp3) is 0.200. The standard InChI is InChI=1S/C20H18F3NO4/c1-2-27-19(26)13-28-17-5-3-4-16(12-17)24-18(25)11-8-14-6-9-15(10-7-14)20(21,22)23/h3-12H,2,13H2,1H3,(H,24,25)/b11-8+. The lowest BCUT2D eigenvalue weighted by molar-refractivity contribution is -0.145. The molecule has 1 N–H and O–H groups in total. The highest BCUT2D eigenvalue weighted by Gasteiger charge is 2.29. The van der Waals surface area contributed by atoms with E-state index in [1.54, 1.807) is 25.1 Å². The zero-order valence-electron chi connectivity index (χ0n) is 15.0. The molecular weight excluding hydrogens is 375 g/mol. The number of benzene rings is 2. The van der Waals surface area contributed by atoms with Crippen LogP contribution >= 0.6 is 0 Å². The van der Waals surface area contributed by atoms with Gasteiger partial charge in [-0.2, -0.15) is 13.2 Å². The fourth-order valence-corrected chi connectivity index (χ4v) is 2.15. The molecule has 2 aromatic carbocycles. The molecule has 0 bridgehead atoms. The Morgan fingerprint density at radius 2 is 1.82 bits per heavy atom. The van der Waals surface area contributed by atoms with E-state index in [1.807, 2.05) is 0 Å². The Bertz CT molecular complexity index is 845. The zero-order chi connectivity index (χ0) is 20.6. The first kappa shape index (κ1) is 21.0. The number of esters is 1. The topological polar surface area (TPSA) is 64.6 Å². The van der Waals surface area contributed by atoms with Crippen LogP contribution in [-0.2, 0) is 20.5 Å². The molecule has 0 aromatic heterocycles. The Kier molecular flexibility index (Phi) is 7.20. The smallest absolute Gasteiger partial charge is 0.416 e. The highest BCUT2D eigenvalue weighted by atomic mass is 19.4. The Morgan fingerprint density at radius 3 is 2.46 bits per heavy atom. The molecule has 2 rings (SSSR count). The largest absolute Gasteiger partial charge is 0.482 e. The zero-order valence-corrected chi connectivity index (χ0v) is 15.0. The van der Waals surface area contributed by atoms with Crippen LogP contribution in [0, 0.1) is 0 Å². The number of halogens is 3. The van der Waals surface area contributed by atoms with E-state index in [0.717, 1.165) is 12.1 Å². The van der Waals surface area contributed by atoms with Gasteiger partial charge in [-0.1, -0.05) is 18.2 Å². The lowest BCUT2D eigenvalue weighted by Crippen LogP contribution is -2.14. The third-order valence-electron chi connectivity index (χ3n) is 3.43. The molecule has 0 aliphatic carbocycles. The summed E-state index contributed by atoms with van der Waals surface area (Å²) >= 11 is 0. The summed E-state index contributed by atoms with van der Waals surface area (Å²) in [6.45, 7) is 1.69. The normalized spacial score (nSPS) is 11.3. The Labute approximate surface area is 159 Å². The van der Waals surface area contributed by atoms with Gasteiger partial charge in [0.05, 0.1) is 12.2 Å². The Morgan fingerprint density at radius 1 is 1.11 bits per heavy atom. The molecule has 0 fully saturated rings. The number of carbonyl (C=O) groups excluding carboxylic acids is 2. The highest BCUT2D eigenvalue weighted by Crippen LogP contribution is 2.29. The first-order chi connectivity index (χ1) is 13.3. The molecule has 0 heterocycles. The van der Waals surface area contributed by atoms with Gasteiger partial charge in [0.1, 0.15) is 5.75 Å². The van der Waals surface area contributed by atoms with E-state index in [4.69, 9.17) is 9.47 Å². The first-order valence-electron chi connectivity index (χ1n) is 8.32. The van der Waals surface area contributed by atoms with Crippen molar-refractivity contribution in [3.05, 3.63) is 65.7 Å². The minimum absolute atomic E-state index is 0.251. The summed E-state index contributed by atoms with van der Waals surface area (Å²) in [4.78, 5) is 23.3. The van der Waals surface area contributed by atoms with E-state index in [-0.39, 0.29) is 13.2 Å². The van der Waals surface area contributed by atoms with Gasteiger partial charge in [0.2, 0.25) is 5.91 Å². The van der Waals surface area contributed by atoms with Gasteiger partial charge in [-0.25, -0.2) is 4.79 Å². The van der Waals surface area contributed by atoms with Crippen LogP contribution in [0.25, 0.3) is 6.08 Å².